The first-order chi connectivity index (χ1) is 12.7. The molecule has 3 nitrogen and oxygen atoms in total. The minimum absolute atomic E-state index is 0.316. The van der Waals surface area contributed by atoms with Crippen molar-refractivity contribution in [2.45, 2.75) is 32.7 Å². The zero-order chi connectivity index (χ0) is 18.3. The summed E-state index contributed by atoms with van der Waals surface area (Å²) in [6.45, 7) is 6.11. The Morgan fingerprint density at radius 1 is 0.962 bits per heavy atom. The molecule has 0 amide bonds. The fourth-order valence-electron chi connectivity index (χ4n) is 4.43. The van der Waals surface area contributed by atoms with E-state index in [-0.39, 0.29) is 0 Å². The van der Waals surface area contributed by atoms with Crippen molar-refractivity contribution in [1.29, 1.82) is 0 Å². The number of nitrogens with two attached hydrogens (primary N) is 1. The highest BCUT2D eigenvalue weighted by Gasteiger charge is 2.20. The van der Waals surface area contributed by atoms with E-state index >= 15 is 0 Å². The lowest BCUT2D eigenvalue weighted by atomic mass is 9.90. The number of para-hydroxylation sites is 2. The van der Waals surface area contributed by atoms with Crippen molar-refractivity contribution in [3.63, 3.8) is 0 Å². The van der Waals surface area contributed by atoms with Crippen LogP contribution in [0.3, 0.4) is 0 Å². The van der Waals surface area contributed by atoms with E-state index in [1.165, 1.54) is 38.6 Å². The lowest BCUT2D eigenvalue weighted by Crippen LogP contribution is -2.15. The second kappa shape index (κ2) is 6.65. The van der Waals surface area contributed by atoms with Gasteiger partial charge in [0.05, 0.1) is 0 Å². The summed E-state index contributed by atoms with van der Waals surface area (Å²) >= 11 is 0. The number of aryl methyl sites for hydroxylation is 2. The van der Waals surface area contributed by atoms with Crippen molar-refractivity contribution in [2.24, 2.45) is 12.8 Å². The molecule has 0 saturated carbocycles. The van der Waals surface area contributed by atoms with E-state index in [0.29, 0.717) is 12.5 Å². The van der Waals surface area contributed by atoms with Gasteiger partial charge in [-0.05, 0) is 50.1 Å². The van der Waals surface area contributed by atoms with Crippen LogP contribution in [0.4, 0.5) is 0 Å². The van der Waals surface area contributed by atoms with Gasteiger partial charge in [0.25, 0.3) is 0 Å². The Kier molecular flexibility index (Phi) is 4.33. The van der Waals surface area contributed by atoms with Crippen molar-refractivity contribution < 1.29 is 0 Å². The molecule has 2 aromatic carbocycles. The molecule has 0 radical (unpaired) electrons. The third-order valence-corrected chi connectivity index (χ3v) is 5.78. The number of hydrogen-bond acceptors (Lipinski definition) is 1. The molecular formula is C23H27N3. The van der Waals surface area contributed by atoms with Gasteiger partial charge in [-0.2, -0.15) is 0 Å². The Hall–Kier alpha value is -2.52. The molecule has 2 N–H and O–H groups in total. The zero-order valence-corrected chi connectivity index (χ0v) is 15.9. The lowest BCUT2D eigenvalue weighted by molar-refractivity contribution is 0.686. The van der Waals surface area contributed by atoms with Gasteiger partial charge < -0.3 is 14.9 Å². The monoisotopic (exact) mass is 345 g/mol. The first-order valence-electron chi connectivity index (χ1n) is 9.46. The summed E-state index contributed by atoms with van der Waals surface area (Å²) < 4.78 is 4.64. The summed E-state index contributed by atoms with van der Waals surface area (Å²) in [6.07, 6.45) is 3.24. The Morgan fingerprint density at radius 3 is 2.31 bits per heavy atom. The number of fused-ring (bicyclic) bond motifs is 2. The van der Waals surface area contributed by atoms with Crippen molar-refractivity contribution >= 4 is 21.8 Å². The molecule has 2 heterocycles. The minimum atomic E-state index is 0.316. The molecule has 4 aromatic rings. The highest BCUT2D eigenvalue weighted by molar-refractivity contribution is 5.87. The molecule has 4 rings (SSSR count). The molecule has 0 spiro atoms. The number of nitrogens with zero attached hydrogens (tertiary/aromatic N) is 2. The molecule has 26 heavy (non-hydrogen) atoms. The average Bonchev–Trinajstić information content (AvgIpc) is 3.14. The average molecular weight is 345 g/mol. The second-order valence-electron chi connectivity index (χ2n) is 7.17. The van der Waals surface area contributed by atoms with Crippen LogP contribution in [-0.4, -0.2) is 15.7 Å². The van der Waals surface area contributed by atoms with E-state index in [9.17, 15) is 0 Å². The molecule has 0 aliphatic heterocycles. The maximum Gasteiger partial charge on any atom is 0.0485 e. The summed E-state index contributed by atoms with van der Waals surface area (Å²) in [7, 11) is 2.12. The van der Waals surface area contributed by atoms with Crippen LogP contribution in [-0.2, 0) is 20.0 Å². The zero-order valence-electron chi connectivity index (χ0n) is 15.9. The SMILES string of the molecule is CCn1c(C)c(CC(CN)c2cn(C)c3ccccc23)c2ccccc21. The van der Waals surface area contributed by atoms with Crippen molar-refractivity contribution in [2.75, 3.05) is 6.54 Å². The van der Waals surface area contributed by atoms with Gasteiger partial charge in [-0.25, -0.2) is 0 Å². The molecule has 1 atom stereocenters. The fraction of sp³-hybridized carbons (Fsp3) is 0.304. The largest absolute Gasteiger partial charge is 0.350 e. The molecule has 0 saturated heterocycles. The Labute approximate surface area is 155 Å². The predicted molar refractivity (Wildman–Crippen MR) is 111 cm³/mol. The highest BCUT2D eigenvalue weighted by atomic mass is 15.0. The van der Waals surface area contributed by atoms with E-state index in [2.05, 4.69) is 84.8 Å². The van der Waals surface area contributed by atoms with Crippen molar-refractivity contribution in [3.05, 3.63) is 71.5 Å². The van der Waals surface area contributed by atoms with Gasteiger partial charge >= 0.3 is 0 Å². The molecular weight excluding hydrogens is 318 g/mol. The summed E-state index contributed by atoms with van der Waals surface area (Å²) in [5, 5.41) is 2.69. The quantitative estimate of drug-likeness (QED) is 0.557. The Morgan fingerprint density at radius 2 is 1.62 bits per heavy atom. The molecule has 0 bridgehead atoms. The van der Waals surface area contributed by atoms with Crippen LogP contribution in [0.15, 0.2) is 54.7 Å². The first kappa shape index (κ1) is 16.9. The van der Waals surface area contributed by atoms with Crippen LogP contribution in [0.1, 0.15) is 29.7 Å². The van der Waals surface area contributed by atoms with Gasteiger partial charge in [-0.1, -0.05) is 36.4 Å². The Balaban J connectivity index is 1.83. The molecule has 0 aliphatic rings. The summed E-state index contributed by atoms with van der Waals surface area (Å²) in [6, 6.07) is 17.4. The number of benzene rings is 2. The number of aromatic nitrogens is 2. The number of rotatable bonds is 5. The van der Waals surface area contributed by atoms with Crippen LogP contribution in [0.2, 0.25) is 0 Å². The lowest BCUT2D eigenvalue weighted by Gasteiger charge is -2.15. The van der Waals surface area contributed by atoms with Gasteiger partial charge in [0, 0.05) is 53.2 Å². The maximum atomic E-state index is 6.27. The molecule has 3 heteroatoms. The fourth-order valence-corrected chi connectivity index (χ4v) is 4.43. The van der Waals surface area contributed by atoms with Gasteiger partial charge in [0.15, 0.2) is 0 Å². The van der Waals surface area contributed by atoms with Crippen LogP contribution in [0.5, 0.6) is 0 Å². The van der Waals surface area contributed by atoms with Crippen LogP contribution >= 0.6 is 0 Å². The summed E-state index contributed by atoms with van der Waals surface area (Å²) in [5.41, 5.74) is 13.0. The van der Waals surface area contributed by atoms with E-state index in [1.54, 1.807) is 0 Å². The first-order valence-corrected chi connectivity index (χ1v) is 9.46. The van der Waals surface area contributed by atoms with Crippen LogP contribution in [0, 0.1) is 6.92 Å². The number of hydrogen-bond donors (Lipinski definition) is 1. The predicted octanol–water partition coefficient (Wildman–Crippen LogP) is 4.75. The third kappa shape index (κ3) is 2.55. The molecule has 0 fully saturated rings. The standard InChI is InChI=1S/C23H27N3/c1-4-26-16(2)20(18-9-6-8-12-23(18)26)13-17(14-24)21-15-25(3)22-11-7-5-10-19(21)22/h5-12,15,17H,4,13-14,24H2,1-3H3. The summed E-state index contributed by atoms with van der Waals surface area (Å²) in [5.74, 6) is 0.316. The van der Waals surface area contributed by atoms with Gasteiger partial charge in [-0.3, -0.25) is 0 Å². The topological polar surface area (TPSA) is 35.9 Å². The van der Waals surface area contributed by atoms with Crippen LogP contribution < -0.4 is 5.73 Å². The van der Waals surface area contributed by atoms with Crippen molar-refractivity contribution in [3.8, 4) is 0 Å². The smallest absolute Gasteiger partial charge is 0.0485 e. The van der Waals surface area contributed by atoms with E-state index in [4.69, 9.17) is 5.73 Å². The molecule has 2 aromatic heterocycles. The van der Waals surface area contributed by atoms with Gasteiger partial charge in [0.1, 0.15) is 0 Å². The minimum Gasteiger partial charge on any atom is -0.350 e. The second-order valence-corrected chi connectivity index (χ2v) is 7.17. The molecule has 1 unspecified atom stereocenters. The molecule has 0 aliphatic carbocycles. The van der Waals surface area contributed by atoms with E-state index < -0.39 is 0 Å². The normalized spacial score (nSPS) is 12.9. The van der Waals surface area contributed by atoms with E-state index in [0.717, 1.165) is 13.0 Å². The highest BCUT2D eigenvalue weighted by Crippen LogP contribution is 2.33. The molecule has 134 valence electrons. The van der Waals surface area contributed by atoms with Crippen molar-refractivity contribution in [1.82, 2.24) is 9.13 Å². The van der Waals surface area contributed by atoms with Gasteiger partial charge in [0.2, 0.25) is 0 Å². The Bertz CT molecular complexity index is 1070. The van der Waals surface area contributed by atoms with Crippen LogP contribution in [0.25, 0.3) is 21.8 Å². The third-order valence-electron chi connectivity index (χ3n) is 5.78. The maximum absolute atomic E-state index is 6.27. The summed E-state index contributed by atoms with van der Waals surface area (Å²) in [4.78, 5) is 0. The van der Waals surface area contributed by atoms with Gasteiger partial charge in [-0.15, -0.1) is 0 Å². The van der Waals surface area contributed by atoms with E-state index in [1.807, 2.05) is 0 Å².